The van der Waals surface area contributed by atoms with E-state index in [-0.39, 0.29) is 67.3 Å². The average Bonchev–Trinajstić information content (AvgIpc) is 4.02. The van der Waals surface area contributed by atoms with Gasteiger partial charge in [0.2, 0.25) is 5.91 Å². The quantitative estimate of drug-likeness (QED) is 0.0922. The summed E-state index contributed by atoms with van der Waals surface area (Å²) in [5, 5.41) is 21.7. The third-order valence-electron chi connectivity index (χ3n) is 13.5. The summed E-state index contributed by atoms with van der Waals surface area (Å²) in [5.74, 6) is -1.03. The largest absolute Gasteiger partial charge is 0.489 e. The van der Waals surface area contributed by atoms with E-state index in [1.165, 1.54) is 11.0 Å². The molecule has 378 valence electrons. The van der Waals surface area contributed by atoms with Gasteiger partial charge in [-0.15, -0.1) is 11.3 Å². The molecule has 0 radical (unpaired) electrons. The Hall–Kier alpha value is -7.00. The summed E-state index contributed by atoms with van der Waals surface area (Å²) in [6, 6.07) is 29.9. The van der Waals surface area contributed by atoms with Crippen molar-refractivity contribution in [1.29, 1.82) is 5.26 Å². The van der Waals surface area contributed by atoms with E-state index >= 15 is 0 Å². The minimum absolute atomic E-state index is 0.0182. The van der Waals surface area contributed by atoms with E-state index in [1.54, 1.807) is 66.5 Å². The second-order valence-corrected chi connectivity index (χ2v) is 21.3. The lowest BCUT2D eigenvalue weighted by Crippen LogP contribution is -2.47. The minimum atomic E-state index is -4.81. The van der Waals surface area contributed by atoms with Gasteiger partial charge in [-0.25, -0.2) is 4.98 Å². The molecule has 3 heterocycles. The number of rotatable bonds is 16. The number of nitriles is 1. The SMILES string of the molecule is Cc1ncsc1-c1ccc(CCC(=O)[C@@H]2C[C@@H](O)CN2C(=O)[C@@H](CC(=O)COc2ccc3cc(COc4ccc(N5C(=S)N(c6ccc(C#N)c(C(F)(F)F)c6)C(=O)C5(C)C)cc4)ccc3c2)C(C)(C)C)cc1. The van der Waals surface area contributed by atoms with Crippen LogP contribution in [0.1, 0.15) is 81.8 Å². The van der Waals surface area contributed by atoms with Crippen LogP contribution in [0.25, 0.3) is 21.2 Å². The van der Waals surface area contributed by atoms with Crippen LogP contribution in [0.3, 0.4) is 0 Å². The summed E-state index contributed by atoms with van der Waals surface area (Å²) in [6.07, 6.45) is -4.90. The molecule has 2 aliphatic heterocycles. The highest BCUT2D eigenvalue weighted by Gasteiger charge is 2.51. The van der Waals surface area contributed by atoms with E-state index in [4.69, 9.17) is 21.7 Å². The van der Waals surface area contributed by atoms with Gasteiger partial charge in [0.05, 0.1) is 57.0 Å². The number of thiazole rings is 1. The first-order valence-electron chi connectivity index (χ1n) is 23.7. The van der Waals surface area contributed by atoms with Crippen LogP contribution in [0, 0.1) is 29.6 Å². The van der Waals surface area contributed by atoms with Gasteiger partial charge in [0.15, 0.2) is 16.7 Å². The summed E-state index contributed by atoms with van der Waals surface area (Å²) in [6.45, 7) is 10.9. The van der Waals surface area contributed by atoms with Crippen molar-refractivity contribution < 1.29 is 46.9 Å². The molecular formula is C56H54F3N5O7S2. The zero-order valence-corrected chi connectivity index (χ0v) is 42.8. The van der Waals surface area contributed by atoms with Gasteiger partial charge in [-0.3, -0.25) is 24.1 Å². The number of carbonyl (C=O) groups is 4. The van der Waals surface area contributed by atoms with Crippen LogP contribution >= 0.6 is 23.6 Å². The maximum atomic E-state index is 14.2. The number of ketones is 2. The summed E-state index contributed by atoms with van der Waals surface area (Å²) < 4.78 is 53.4. The van der Waals surface area contributed by atoms with Crippen molar-refractivity contribution in [2.45, 2.75) is 97.7 Å². The number of likely N-dealkylation sites (tertiary alicyclic amines) is 1. The van der Waals surface area contributed by atoms with Crippen molar-refractivity contribution in [2.24, 2.45) is 11.3 Å². The number of hydrogen-bond acceptors (Lipinski definition) is 11. The Balaban J connectivity index is 0.844. The van der Waals surface area contributed by atoms with Crippen molar-refractivity contribution >= 4 is 74.2 Å². The van der Waals surface area contributed by atoms with Gasteiger partial charge >= 0.3 is 6.18 Å². The minimum Gasteiger partial charge on any atom is -0.489 e. The number of amides is 2. The second kappa shape index (κ2) is 20.9. The normalized spacial score (nSPS) is 17.2. The summed E-state index contributed by atoms with van der Waals surface area (Å²) in [5.41, 5.74) is 2.52. The van der Waals surface area contributed by atoms with Gasteiger partial charge < -0.3 is 24.4 Å². The molecule has 0 aliphatic carbocycles. The fraction of sp³-hybridized carbons (Fsp3) is 0.339. The molecule has 73 heavy (non-hydrogen) atoms. The molecule has 0 spiro atoms. The number of hydrogen-bond donors (Lipinski definition) is 1. The summed E-state index contributed by atoms with van der Waals surface area (Å²) in [4.78, 5) is 64.5. The van der Waals surface area contributed by atoms with E-state index in [1.807, 2.05) is 87.8 Å². The van der Waals surface area contributed by atoms with Crippen molar-refractivity contribution in [3.05, 3.63) is 137 Å². The highest BCUT2D eigenvalue weighted by atomic mass is 32.1. The predicted molar refractivity (Wildman–Crippen MR) is 277 cm³/mol. The molecule has 3 atom stereocenters. The highest BCUT2D eigenvalue weighted by Crippen LogP contribution is 2.41. The molecular weight excluding hydrogens is 976 g/mol. The van der Waals surface area contributed by atoms with E-state index in [2.05, 4.69) is 4.98 Å². The fourth-order valence-corrected chi connectivity index (χ4v) is 10.7. The highest BCUT2D eigenvalue weighted by molar-refractivity contribution is 7.81. The summed E-state index contributed by atoms with van der Waals surface area (Å²) >= 11 is 7.24. The number of thiocarbonyl (C=S) groups is 1. The van der Waals surface area contributed by atoms with Crippen LogP contribution in [0.15, 0.2) is 109 Å². The van der Waals surface area contributed by atoms with E-state index in [0.717, 1.165) is 55.1 Å². The van der Waals surface area contributed by atoms with Crippen LogP contribution in [0.4, 0.5) is 24.5 Å². The number of nitrogens with zero attached hydrogens (tertiary/aromatic N) is 5. The van der Waals surface area contributed by atoms with E-state index in [9.17, 15) is 42.7 Å². The van der Waals surface area contributed by atoms with Crippen molar-refractivity contribution in [1.82, 2.24) is 9.88 Å². The number of β-amino-alcohol motifs (C(OH)–C–C–N with tert-alkyl or cyclic N) is 1. The van der Waals surface area contributed by atoms with E-state index < -0.39 is 52.2 Å². The average molecular weight is 1030 g/mol. The van der Waals surface area contributed by atoms with Gasteiger partial charge in [-0.1, -0.05) is 63.2 Å². The lowest BCUT2D eigenvalue weighted by Gasteiger charge is -2.34. The monoisotopic (exact) mass is 1030 g/mol. The summed E-state index contributed by atoms with van der Waals surface area (Å²) in [7, 11) is 0. The number of aliphatic hydroxyl groups is 1. The maximum absolute atomic E-state index is 14.2. The first-order valence-corrected chi connectivity index (χ1v) is 25.0. The Labute approximate surface area is 431 Å². The predicted octanol–water partition coefficient (Wildman–Crippen LogP) is 10.8. The number of ether oxygens (including phenoxy) is 2. The number of fused-ring (bicyclic) bond motifs is 1. The maximum Gasteiger partial charge on any atom is 0.417 e. The Bertz CT molecular complexity index is 3140. The Morgan fingerprint density at radius 3 is 2.22 bits per heavy atom. The fourth-order valence-electron chi connectivity index (χ4n) is 9.38. The lowest BCUT2D eigenvalue weighted by atomic mass is 9.76. The Morgan fingerprint density at radius 2 is 1.56 bits per heavy atom. The van der Waals surface area contributed by atoms with Gasteiger partial charge in [-0.05, 0) is 133 Å². The van der Waals surface area contributed by atoms with Gasteiger partial charge in [0.1, 0.15) is 30.3 Å². The van der Waals surface area contributed by atoms with Crippen LogP contribution < -0.4 is 19.3 Å². The molecule has 0 unspecified atom stereocenters. The number of aromatic nitrogens is 1. The number of halogens is 3. The lowest BCUT2D eigenvalue weighted by molar-refractivity contribution is -0.146. The molecule has 8 rings (SSSR count). The zero-order valence-electron chi connectivity index (χ0n) is 41.2. The zero-order chi connectivity index (χ0) is 52.6. The van der Waals surface area contributed by atoms with E-state index in [0.29, 0.717) is 23.6 Å². The smallest absolute Gasteiger partial charge is 0.417 e. The molecule has 0 bridgehead atoms. The Morgan fingerprint density at radius 1 is 0.904 bits per heavy atom. The molecule has 1 N–H and O–H groups in total. The number of benzene rings is 5. The number of Topliss-reactive ketones (excluding diaryl/α,β-unsaturated/α-hetero) is 2. The van der Waals surface area contributed by atoms with Crippen LogP contribution in [-0.4, -0.2) is 74.3 Å². The molecule has 12 nitrogen and oxygen atoms in total. The number of carbonyl (C=O) groups excluding carboxylic acids is 4. The molecule has 2 fully saturated rings. The number of anilines is 2. The van der Waals surface area contributed by atoms with Crippen LogP contribution in [0.2, 0.25) is 0 Å². The second-order valence-electron chi connectivity index (χ2n) is 20.1. The number of alkyl halides is 3. The first-order chi connectivity index (χ1) is 34.5. The molecule has 5 aromatic carbocycles. The third kappa shape index (κ3) is 11.3. The van der Waals surface area contributed by atoms with Gasteiger partial charge in [0.25, 0.3) is 5.91 Å². The van der Waals surface area contributed by atoms with Gasteiger partial charge in [0, 0.05) is 31.5 Å². The molecule has 2 saturated heterocycles. The third-order valence-corrected chi connectivity index (χ3v) is 14.8. The van der Waals surface area contributed by atoms with Gasteiger partial charge in [-0.2, -0.15) is 18.4 Å². The molecule has 0 saturated carbocycles. The number of aryl methyl sites for hydroxylation is 2. The van der Waals surface area contributed by atoms with Crippen LogP contribution in [-0.2, 0) is 38.4 Å². The topological polar surface area (TPSA) is 153 Å². The molecule has 17 heteroatoms. The first kappa shape index (κ1) is 52.3. The molecule has 1 aromatic heterocycles. The van der Waals surface area contributed by atoms with Crippen molar-refractivity contribution in [3.63, 3.8) is 0 Å². The van der Waals surface area contributed by atoms with Crippen molar-refractivity contribution in [2.75, 3.05) is 23.0 Å². The standard InChI is InChI=1S/C56H54F3N5O7S2/c1-33-50(73-32-61-33)36-11-7-34(8-12-36)10-22-49(67)48-27-42(65)29-62(48)51(68)47(54(2,3)4)26-43(66)31-71-45-19-15-37-23-35(9-13-38(37)24-45)30-70-44-20-17-40(18-21-44)64-53(72)63(52(69)55(64,5)6)41-16-14-39(28-60)46(25-41)56(57,58)59/h7-9,11-21,23-25,32,42,47-48,65H,10,22,26-27,29-31H2,1-6H3/t42-,47-,48+/m1/s1. The number of aliphatic hydroxyl groups excluding tert-OH is 1. The van der Waals surface area contributed by atoms with Crippen molar-refractivity contribution in [3.8, 4) is 28.0 Å². The van der Waals surface area contributed by atoms with Crippen LogP contribution in [0.5, 0.6) is 11.5 Å². The molecule has 2 amide bonds. The Kier molecular flexibility index (Phi) is 14.9. The molecule has 6 aromatic rings. The molecule has 2 aliphatic rings.